The molecule has 1 atom stereocenters. The average molecular weight is 380 g/mol. The lowest BCUT2D eigenvalue weighted by Crippen LogP contribution is -2.31. The van der Waals surface area contributed by atoms with Crippen molar-refractivity contribution in [1.82, 2.24) is 0 Å². The molecular formula is C21H20N2O5. The molecule has 0 bridgehead atoms. The number of benzene rings is 2. The summed E-state index contributed by atoms with van der Waals surface area (Å²) in [5.41, 5.74) is 1.22. The molecule has 0 unspecified atom stereocenters. The summed E-state index contributed by atoms with van der Waals surface area (Å²) in [4.78, 5) is 35.6. The van der Waals surface area contributed by atoms with Crippen LogP contribution in [-0.2, 0) is 14.3 Å². The predicted molar refractivity (Wildman–Crippen MR) is 102 cm³/mol. The van der Waals surface area contributed by atoms with Crippen molar-refractivity contribution in [3.8, 4) is 11.8 Å². The number of ether oxygens (including phenoxy) is 2. The van der Waals surface area contributed by atoms with E-state index in [0.29, 0.717) is 29.0 Å². The summed E-state index contributed by atoms with van der Waals surface area (Å²) in [5.74, 6) is -0.850. The fourth-order valence-corrected chi connectivity index (χ4v) is 2.29. The number of rotatable bonds is 8. The van der Waals surface area contributed by atoms with E-state index in [9.17, 15) is 14.4 Å². The Hall–Kier alpha value is -3.66. The van der Waals surface area contributed by atoms with Crippen molar-refractivity contribution >= 4 is 23.3 Å². The van der Waals surface area contributed by atoms with Gasteiger partial charge in [-0.1, -0.05) is 19.1 Å². The van der Waals surface area contributed by atoms with Crippen LogP contribution in [0.1, 0.15) is 36.2 Å². The second-order valence-corrected chi connectivity index (χ2v) is 5.87. The van der Waals surface area contributed by atoms with Gasteiger partial charge in [0, 0.05) is 12.0 Å². The molecule has 0 aliphatic rings. The molecule has 7 heteroatoms. The van der Waals surface area contributed by atoms with Gasteiger partial charge in [-0.2, -0.15) is 5.26 Å². The lowest BCUT2D eigenvalue weighted by atomic mass is 10.1. The Labute approximate surface area is 162 Å². The van der Waals surface area contributed by atoms with Crippen LogP contribution in [0.25, 0.3) is 0 Å². The Morgan fingerprint density at radius 1 is 1.11 bits per heavy atom. The highest BCUT2D eigenvalue weighted by Crippen LogP contribution is 2.15. The normalized spacial score (nSPS) is 11.0. The molecule has 28 heavy (non-hydrogen) atoms. The van der Waals surface area contributed by atoms with E-state index in [2.05, 4.69) is 5.32 Å². The Morgan fingerprint density at radius 2 is 1.79 bits per heavy atom. The zero-order chi connectivity index (χ0) is 20.5. The zero-order valence-electron chi connectivity index (χ0n) is 15.6. The summed E-state index contributed by atoms with van der Waals surface area (Å²) in [7, 11) is 0. The van der Waals surface area contributed by atoms with Gasteiger partial charge in [0.25, 0.3) is 5.91 Å². The van der Waals surface area contributed by atoms with Crippen LogP contribution >= 0.6 is 0 Å². The fourth-order valence-electron chi connectivity index (χ4n) is 2.29. The largest absolute Gasteiger partial charge is 0.482 e. The third kappa shape index (κ3) is 5.68. The highest BCUT2D eigenvalue weighted by molar-refractivity contribution is 5.96. The Kier molecular flexibility index (Phi) is 7.28. The molecule has 2 rings (SSSR count). The van der Waals surface area contributed by atoms with Crippen molar-refractivity contribution < 1.29 is 23.9 Å². The van der Waals surface area contributed by atoms with Crippen molar-refractivity contribution in [3.63, 3.8) is 0 Å². The second-order valence-electron chi connectivity index (χ2n) is 5.87. The Balaban J connectivity index is 1.84. The number of nitrogens with one attached hydrogen (secondary N) is 1. The highest BCUT2D eigenvalue weighted by Gasteiger charge is 2.19. The predicted octanol–water partition coefficient (Wildman–Crippen LogP) is 3.10. The number of amides is 1. The number of hydrogen-bond acceptors (Lipinski definition) is 6. The number of para-hydroxylation sites is 1. The van der Waals surface area contributed by atoms with E-state index >= 15 is 0 Å². The minimum Gasteiger partial charge on any atom is -0.482 e. The molecule has 0 aliphatic heterocycles. The number of hydrogen-bond donors (Lipinski definition) is 1. The molecule has 0 heterocycles. The number of nitrogens with zero attached hydrogens (tertiary/aromatic N) is 1. The van der Waals surface area contributed by atoms with Crippen LogP contribution in [0.4, 0.5) is 5.69 Å². The maximum Gasteiger partial charge on any atom is 0.344 e. The van der Waals surface area contributed by atoms with Crippen LogP contribution in [-0.4, -0.2) is 30.4 Å². The van der Waals surface area contributed by atoms with Gasteiger partial charge in [-0.05, 0) is 43.3 Å². The van der Waals surface area contributed by atoms with E-state index < -0.39 is 18.0 Å². The summed E-state index contributed by atoms with van der Waals surface area (Å²) in [5, 5.41) is 11.6. The molecule has 144 valence electrons. The maximum absolute atomic E-state index is 12.1. The summed E-state index contributed by atoms with van der Waals surface area (Å²) in [6.45, 7) is 2.82. The third-order valence-electron chi connectivity index (χ3n) is 3.84. The van der Waals surface area contributed by atoms with Crippen LogP contribution in [0.2, 0.25) is 0 Å². The fraction of sp³-hybridized carbons (Fsp3) is 0.238. The van der Waals surface area contributed by atoms with E-state index in [0.717, 1.165) is 0 Å². The average Bonchev–Trinajstić information content (AvgIpc) is 2.72. The number of ketones is 1. The van der Waals surface area contributed by atoms with Gasteiger partial charge in [-0.25, -0.2) is 4.79 Å². The number of carbonyl (C=O) groups is 3. The molecular weight excluding hydrogens is 360 g/mol. The van der Waals surface area contributed by atoms with Crippen molar-refractivity contribution in [1.29, 1.82) is 5.26 Å². The minimum atomic E-state index is -1.06. The summed E-state index contributed by atoms with van der Waals surface area (Å²) >= 11 is 0. The van der Waals surface area contributed by atoms with Crippen LogP contribution in [0.15, 0.2) is 48.5 Å². The molecule has 1 N–H and O–H groups in total. The maximum atomic E-state index is 12.1. The van der Waals surface area contributed by atoms with Gasteiger partial charge in [-0.3, -0.25) is 9.59 Å². The zero-order valence-corrected chi connectivity index (χ0v) is 15.6. The Morgan fingerprint density at radius 3 is 2.43 bits per heavy atom. The molecule has 2 aromatic carbocycles. The minimum absolute atomic E-state index is 0.0174. The van der Waals surface area contributed by atoms with Crippen LogP contribution in [0.3, 0.4) is 0 Å². The van der Waals surface area contributed by atoms with Gasteiger partial charge in [-0.15, -0.1) is 0 Å². The number of nitriles is 1. The second kappa shape index (κ2) is 9.88. The van der Waals surface area contributed by atoms with Crippen LogP contribution < -0.4 is 10.1 Å². The molecule has 0 aliphatic carbocycles. The van der Waals surface area contributed by atoms with Gasteiger partial charge in [0.15, 0.2) is 18.5 Å². The van der Waals surface area contributed by atoms with E-state index in [-0.39, 0.29) is 12.4 Å². The Bertz CT molecular complexity index is 900. The summed E-state index contributed by atoms with van der Waals surface area (Å²) in [6, 6.07) is 14.9. The SMILES string of the molecule is CCC(=O)c1ccc(OCC(=O)O[C@H](C)C(=O)Nc2ccccc2C#N)cc1. The first-order chi connectivity index (χ1) is 13.4. The van der Waals surface area contributed by atoms with E-state index in [1.807, 2.05) is 6.07 Å². The third-order valence-corrected chi connectivity index (χ3v) is 3.84. The quantitative estimate of drug-likeness (QED) is 0.557. The lowest BCUT2D eigenvalue weighted by molar-refractivity contribution is -0.155. The monoisotopic (exact) mass is 380 g/mol. The smallest absolute Gasteiger partial charge is 0.344 e. The first kappa shape index (κ1) is 20.6. The molecule has 7 nitrogen and oxygen atoms in total. The number of carbonyl (C=O) groups excluding carboxylic acids is 3. The molecule has 0 fully saturated rings. The molecule has 1 amide bonds. The van der Waals surface area contributed by atoms with Gasteiger partial charge in [0.1, 0.15) is 11.8 Å². The van der Waals surface area contributed by atoms with Gasteiger partial charge in [0.05, 0.1) is 11.3 Å². The van der Waals surface area contributed by atoms with E-state index in [1.165, 1.54) is 6.92 Å². The van der Waals surface area contributed by atoms with Crippen molar-refractivity contribution in [2.45, 2.75) is 26.4 Å². The highest BCUT2D eigenvalue weighted by atomic mass is 16.6. The van der Waals surface area contributed by atoms with Gasteiger partial charge < -0.3 is 14.8 Å². The van der Waals surface area contributed by atoms with E-state index in [4.69, 9.17) is 14.7 Å². The summed E-state index contributed by atoms with van der Waals surface area (Å²) in [6.07, 6.45) is -0.655. The van der Waals surface area contributed by atoms with Crippen LogP contribution in [0, 0.1) is 11.3 Å². The molecule has 0 saturated heterocycles. The van der Waals surface area contributed by atoms with Crippen molar-refractivity contribution in [2.24, 2.45) is 0 Å². The molecule has 0 saturated carbocycles. The molecule has 0 aromatic heterocycles. The first-order valence-corrected chi connectivity index (χ1v) is 8.70. The topological polar surface area (TPSA) is 105 Å². The van der Waals surface area contributed by atoms with Crippen molar-refractivity contribution in [3.05, 3.63) is 59.7 Å². The van der Waals surface area contributed by atoms with Crippen molar-refractivity contribution in [2.75, 3.05) is 11.9 Å². The summed E-state index contributed by atoms with van der Waals surface area (Å²) < 4.78 is 10.4. The molecule has 2 aromatic rings. The number of anilines is 1. The lowest BCUT2D eigenvalue weighted by Gasteiger charge is -2.14. The van der Waals surface area contributed by atoms with Crippen LogP contribution in [0.5, 0.6) is 5.75 Å². The van der Waals surface area contributed by atoms with Gasteiger partial charge >= 0.3 is 5.97 Å². The standard InChI is InChI=1S/C21H20N2O5/c1-3-19(24)15-8-10-17(11-9-15)27-13-20(25)28-14(2)21(26)23-18-7-5-4-6-16(18)12-22/h4-11,14H,3,13H2,1-2H3,(H,23,26)/t14-/m1/s1. The number of Topliss-reactive ketones (excluding diaryl/α,β-unsaturated/α-hetero) is 1. The van der Waals surface area contributed by atoms with Gasteiger partial charge in [0.2, 0.25) is 0 Å². The number of esters is 1. The first-order valence-electron chi connectivity index (χ1n) is 8.70. The molecule has 0 radical (unpaired) electrons. The molecule has 0 spiro atoms. The van der Waals surface area contributed by atoms with E-state index in [1.54, 1.807) is 55.5 Å².